The van der Waals surface area contributed by atoms with Crippen molar-refractivity contribution in [1.29, 1.82) is 0 Å². The summed E-state index contributed by atoms with van der Waals surface area (Å²) in [7, 11) is 0. The van der Waals surface area contributed by atoms with Gasteiger partial charge in [0.15, 0.2) is 5.82 Å². The van der Waals surface area contributed by atoms with Crippen molar-refractivity contribution in [2.45, 2.75) is 0 Å². The number of urea groups is 1. The van der Waals surface area contributed by atoms with Gasteiger partial charge < -0.3 is 0 Å². The molecule has 0 atom stereocenters. The summed E-state index contributed by atoms with van der Waals surface area (Å²) >= 11 is 0. The minimum Gasteiger partial charge on any atom is -0.244 e. The van der Waals surface area contributed by atoms with Crippen molar-refractivity contribution in [1.82, 2.24) is 0 Å². The van der Waals surface area contributed by atoms with E-state index in [4.69, 9.17) is 0 Å². The van der Waals surface area contributed by atoms with Gasteiger partial charge in [-0.05, 0) is 12.1 Å². The van der Waals surface area contributed by atoms with Crippen molar-refractivity contribution >= 4 is 6.03 Å². The summed E-state index contributed by atoms with van der Waals surface area (Å²) in [6, 6.07) is 3.65. The zero-order chi connectivity index (χ0) is 7.84. The maximum Gasteiger partial charge on any atom is 0.368 e. The van der Waals surface area contributed by atoms with Crippen LogP contribution in [0.3, 0.4) is 0 Å². The second-order valence-corrected chi connectivity index (χ2v) is 2.11. The average molecular weight is 150 g/mol. The van der Waals surface area contributed by atoms with E-state index in [1.807, 2.05) is 0 Å². The van der Waals surface area contributed by atoms with E-state index in [1.54, 1.807) is 6.07 Å². The normalized spacial score (nSPS) is 13.7. The van der Waals surface area contributed by atoms with E-state index in [0.29, 0.717) is 5.36 Å². The SMILES string of the molecule is O=C1N=c2cccc(F)c2=N1. The summed E-state index contributed by atoms with van der Waals surface area (Å²) in [5.41, 5.74) is 0. The van der Waals surface area contributed by atoms with Crippen molar-refractivity contribution < 1.29 is 9.18 Å². The van der Waals surface area contributed by atoms with Gasteiger partial charge >= 0.3 is 6.03 Å². The van der Waals surface area contributed by atoms with Gasteiger partial charge in [0.05, 0.1) is 5.36 Å². The number of carbonyl (C=O) groups excluding carboxylic acids is 1. The summed E-state index contributed by atoms with van der Waals surface area (Å²) in [4.78, 5) is 17.4. The van der Waals surface area contributed by atoms with E-state index in [0.717, 1.165) is 0 Å². The third kappa shape index (κ3) is 0.832. The molecule has 11 heavy (non-hydrogen) atoms. The van der Waals surface area contributed by atoms with Gasteiger partial charge in [0, 0.05) is 0 Å². The van der Waals surface area contributed by atoms with Gasteiger partial charge in [0.1, 0.15) is 5.36 Å². The lowest BCUT2D eigenvalue weighted by molar-refractivity contribution is 0.256. The fourth-order valence-electron chi connectivity index (χ4n) is 0.929. The van der Waals surface area contributed by atoms with Crippen molar-refractivity contribution in [3.05, 3.63) is 34.7 Å². The molecular weight excluding hydrogens is 147 g/mol. The van der Waals surface area contributed by atoms with Crippen LogP contribution in [0.25, 0.3) is 0 Å². The number of hydrogen-bond donors (Lipinski definition) is 0. The van der Waals surface area contributed by atoms with Crippen molar-refractivity contribution in [3.63, 3.8) is 0 Å². The molecule has 54 valence electrons. The van der Waals surface area contributed by atoms with Gasteiger partial charge in [-0.3, -0.25) is 0 Å². The fraction of sp³-hybridized carbons (Fsp3) is 0. The van der Waals surface area contributed by atoms with Crippen LogP contribution in [0.2, 0.25) is 0 Å². The summed E-state index contributed by atoms with van der Waals surface area (Å²) in [6.45, 7) is 0. The van der Waals surface area contributed by atoms with Crippen molar-refractivity contribution in [2.75, 3.05) is 0 Å². The van der Waals surface area contributed by atoms with Crippen LogP contribution in [0.15, 0.2) is 28.2 Å². The monoisotopic (exact) mass is 150 g/mol. The van der Waals surface area contributed by atoms with Gasteiger partial charge in [-0.25, -0.2) is 9.18 Å². The molecule has 0 spiro atoms. The summed E-state index contributed by atoms with van der Waals surface area (Å²) in [5.74, 6) is -0.503. The predicted molar refractivity (Wildman–Crippen MR) is 34.1 cm³/mol. The third-order valence-corrected chi connectivity index (χ3v) is 1.39. The highest BCUT2D eigenvalue weighted by molar-refractivity contribution is 5.77. The molecule has 0 bridgehead atoms. The zero-order valence-electron chi connectivity index (χ0n) is 5.41. The Morgan fingerprint density at radius 3 is 2.82 bits per heavy atom. The Hall–Kier alpha value is -1.58. The molecule has 1 aromatic carbocycles. The third-order valence-electron chi connectivity index (χ3n) is 1.39. The summed E-state index contributed by atoms with van der Waals surface area (Å²) < 4.78 is 12.8. The van der Waals surface area contributed by atoms with Gasteiger partial charge in [0.25, 0.3) is 0 Å². The van der Waals surface area contributed by atoms with Crippen LogP contribution in [0.4, 0.5) is 9.18 Å². The standard InChI is InChI=1S/C7H3FN2O/c8-4-2-1-3-5-6(4)10-7(11)9-5/h1-3H. The molecule has 1 heterocycles. The van der Waals surface area contributed by atoms with Crippen LogP contribution in [0, 0.1) is 5.82 Å². The first-order chi connectivity index (χ1) is 5.27. The molecular formula is C7H3FN2O. The molecule has 1 aliphatic rings. The molecule has 0 unspecified atom stereocenters. The van der Waals surface area contributed by atoms with E-state index < -0.39 is 11.8 Å². The average Bonchev–Trinajstić information content (AvgIpc) is 2.31. The molecule has 2 amide bonds. The molecule has 0 N–H and O–H groups in total. The van der Waals surface area contributed by atoms with Crippen molar-refractivity contribution in [3.8, 4) is 0 Å². The van der Waals surface area contributed by atoms with Crippen LogP contribution in [-0.4, -0.2) is 6.03 Å². The van der Waals surface area contributed by atoms with Gasteiger partial charge in [0.2, 0.25) is 0 Å². The number of fused-ring (bicyclic) bond motifs is 1. The maximum absolute atomic E-state index is 12.8. The first-order valence-electron chi connectivity index (χ1n) is 3.03. The highest BCUT2D eigenvalue weighted by Crippen LogP contribution is 1.89. The maximum atomic E-state index is 12.8. The Balaban J connectivity index is 2.97. The molecule has 0 fully saturated rings. The number of benzene rings is 1. The van der Waals surface area contributed by atoms with Crippen LogP contribution in [0.1, 0.15) is 0 Å². The number of halogens is 1. The molecule has 0 saturated heterocycles. The number of hydrogen-bond acceptors (Lipinski definition) is 1. The lowest BCUT2D eigenvalue weighted by Crippen LogP contribution is -2.24. The van der Waals surface area contributed by atoms with E-state index in [1.165, 1.54) is 12.1 Å². The Bertz CT molecular complexity index is 438. The lowest BCUT2D eigenvalue weighted by atomic mass is 10.3. The summed E-state index contributed by atoms with van der Waals surface area (Å²) in [5, 5.41) is 0.368. The Kier molecular flexibility index (Phi) is 1.09. The zero-order valence-corrected chi connectivity index (χ0v) is 5.41. The topological polar surface area (TPSA) is 41.8 Å². The molecule has 0 saturated carbocycles. The fourth-order valence-corrected chi connectivity index (χ4v) is 0.929. The number of rotatable bonds is 0. The first-order valence-corrected chi connectivity index (χ1v) is 3.03. The second-order valence-electron chi connectivity index (χ2n) is 2.11. The van der Waals surface area contributed by atoms with Crippen LogP contribution >= 0.6 is 0 Å². The van der Waals surface area contributed by atoms with E-state index in [9.17, 15) is 9.18 Å². The van der Waals surface area contributed by atoms with E-state index >= 15 is 0 Å². The minimum absolute atomic E-state index is 0.0532. The Labute approximate surface area is 60.9 Å². The number of amides is 2. The molecule has 2 rings (SSSR count). The highest BCUT2D eigenvalue weighted by atomic mass is 19.1. The quantitative estimate of drug-likeness (QED) is 0.520. The van der Waals surface area contributed by atoms with Gasteiger partial charge in [-0.15, -0.1) is 0 Å². The summed E-state index contributed by atoms with van der Waals surface area (Å²) in [6.07, 6.45) is 0. The highest BCUT2D eigenvalue weighted by Gasteiger charge is 2.06. The molecule has 0 aliphatic carbocycles. The molecule has 4 heteroatoms. The molecule has 1 aromatic rings. The Morgan fingerprint density at radius 2 is 2.09 bits per heavy atom. The first kappa shape index (κ1) is 6.15. The number of carbonyl (C=O) groups is 1. The largest absolute Gasteiger partial charge is 0.368 e. The Morgan fingerprint density at radius 1 is 1.27 bits per heavy atom. The second kappa shape index (κ2) is 1.95. The molecule has 3 nitrogen and oxygen atoms in total. The smallest absolute Gasteiger partial charge is 0.244 e. The number of para-hydroxylation sites is 1. The van der Waals surface area contributed by atoms with Gasteiger partial charge in [-0.1, -0.05) is 6.07 Å². The predicted octanol–water partition coefficient (Wildman–Crippen LogP) is 0.199. The van der Waals surface area contributed by atoms with Crippen LogP contribution in [-0.2, 0) is 0 Å². The minimum atomic E-state index is -0.634. The van der Waals surface area contributed by atoms with Crippen LogP contribution in [0.5, 0.6) is 0 Å². The van der Waals surface area contributed by atoms with E-state index in [-0.39, 0.29) is 5.36 Å². The van der Waals surface area contributed by atoms with Gasteiger partial charge in [-0.2, -0.15) is 9.98 Å². The lowest BCUT2D eigenvalue weighted by Gasteiger charge is -1.82. The molecule has 0 radical (unpaired) electrons. The van der Waals surface area contributed by atoms with Crippen molar-refractivity contribution in [2.24, 2.45) is 9.98 Å². The number of nitrogens with zero attached hydrogens (tertiary/aromatic N) is 2. The van der Waals surface area contributed by atoms with E-state index in [2.05, 4.69) is 9.98 Å². The molecule has 0 aromatic heterocycles. The molecule has 1 aliphatic heterocycles. The van der Waals surface area contributed by atoms with Crippen LogP contribution < -0.4 is 10.7 Å².